The Kier molecular flexibility index (Phi) is 8.04. The smallest absolute Gasteiger partial charge is 0.261 e. The molecule has 1 aliphatic rings. The number of aldehydes is 1. The summed E-state index contributed by atoms with van der Waals surface area (Å²) in [5.41, 5.74) is 0. The molecule has 0 unspecified atom stereocenters. The number of rotatable bonds is 9. The van der Waals surface area contributed by atoms with Crippen molar-refractivity contribution in [3.63, 3.8) is 0 Å². The van der Waals surface area contributed by atoms with Crippen LogP contribution in [0, 0.1) is 5.92 Å². The van der Waals surface area contributed by atoms with Gasteiger partial charge < -0.3 is 14.0 Å². The molecule has 162 valence electrons. The molecule has 0 bridgehead atoms. The molecule has 0 saturated heterocycles. The van der Waals surface area contributed by atoms with Gasteiger partial charge in [0.25, 0.3) is 8.32 Å². The quantitative estimate of drug-likeness (QED) is 0.332. The monoisotopic (exact) mass is 424 g/mol. The summed E-state index contributed by atoms with van der Waals surface area (Å²) in [7, 11) is -2.45. The van der Waals surface area contributed by atoms with E-state index in [2.05, 4.69) is 81.4 Å². The minimum atomic E-state index is -2.45. The van der Waals surface area contributed by atoms with E-state index < -0.39 is 8.32 Å². The van der Waals surface area contributed by atoms with E-state index in [4.69, 9.17) is 9.16 Å². The highest BCUT2D eigenvalue weighted by molar-refractivity contribution is 6.99. The van der Waals surface area contributed by atoms with Crippen LogP contribution >= 0.6 is 0 Å². The van der Waals surface area contributed by atoms with Crippen molar-refractivity contribution in [1.82, 2.24) is 0 Å². The number of hydrogen-bond donors (Lipinski definition) is 0. The summed E-state index contributed by atoms with van der Waals surface area (Å²) in [5.74, 6) is 0.567. The minimum absolute atomic E-state index is 0.0187. The van der Waals surface area contributed by atoms with Gasteiger partial charge in [-0.15, -0.1) is 0 Å². The molecule has 0 spiro atoms. The third kappa shape index (κ3) is 5.29. The van der Waals surface area contributed by atoms with Crippen molar-refractivity contribution in [3.8, 4) is 0 Å². The Morgan fingerprint density at radius 1 is 0.900 bits per heavy atom. The van der Waals surface area contributed by atoms with Crippen LogP contribution in [0.2, 0.25) is 5.04 Å². The number of carbonyl (C=O) groups excluding carboxylic acids is 1. The third-order valence-corrected chi connectivity index (χ3v) is 11.3. The van der Waals surface area contributed by atoms with Gasteiger partial charge in [0, 0.05) is 13.0 Å². The van der Waals surface area contributed by atoms with E-state index in [1.54, 1.807) is 0 Å². The van der Waals surface area contributed by atoms with Crippen LogP contribution in [0.1, 0.15) is 52.9 Å². The predicted octanol–water partition coefficient (Wildman–Crippen LogP) is 4.73. The molecule has 0 radical (unpaired) electrons. The fourth-order valence-electron chi connectivity index (χ4n) is 4.75. The first kappa shape index (κ1) is 22.9. The van der Waals surface area contributed by atoms with E-state index in [0.717, 1.165) is 38.6 Å². The molecule has 2 aromatic carbocycles. The molecular weight excluding hydrogens is 388 g/mol. The summed E-state index contributed by atoms with van der Waals surface area (Å²) in [6.07, 6.45) is 6.11. The average Bonchev–Trinajstić information content (AvgIpc) is 2.76. The van der Waals surface area contributed by atoms with Gasteiger partial charge in [-0.2, -0.15) is 0 Å². The minimum Gasteiger partial charge on any atom is -0.407 e. The first-order valence-corrected chi connectivity index (χ1v) is 13.2. The molecule has 0 amide bonds. The zero-order valence-corrected chi connectivity index (χ0v) is 19.7. The van der Waals surface area contributed by atoms with Crippen molar-refractivity contribution in [1.29, 1.82) is 0 Å². The Balaban J connectivity index is 1.77. The third-order valence-electron chi connectivity index (χ3n) is 6.34. The highest BCUT2D eigenvalue weighted by Gasteiger charge is 2.50. The molecule has 1 fully saturated rings. The van der Waals surface area contributed by atoms with Crippen LogP contribution in [-0.4, -0.2) is 33.9 Å². The van der Waals surface area contributed by atoms with E-state index in [0.29, 0.717) is 25.0 Å². The predicted molar refractivity (Wildman–Crippen MR) is 126 cm³/mol. The first-order chi connectivity index (χ1) is 14.5. The van der Waals surface area contributed by atoms with Crippen molar-refractivity contribution < 1.29 is 14.0 Å². The maximum atomic E-state index is 10.5. The second-order valence-electron chi connectivity index (χ2n) is 9.44. The van der Waals surface area contributed by atoms with Gasteiger partial charge in [0.2, 0.25) is 0 Å². The lowest BCUT2D eigenvalue weighted by Crippen LogP contribution is -2.67. The SMILES string of the molecule is CC(C)(C)[Si](OCC1CCC(OCCC=O)CC1)(c1ccccc1)c1ccccc1. The molecule has 0 aliphatic heterocycles. The molecular formula is C26H36O3Si. The summed E-state index contributed by atoms with van der Waals surface area (Å²) in [6, 6.07) is 21.7. The molecule has 1 saturated carbocycles. The standard InChI is InChI=1S/C26H36O3Si/c1-26(2,3)30(24-11-6-4-7-12-24,25-13-8-5-9-14-25)29-21-22-15-17-23(18-16-22)28-20-10-19-27/h4-9,11-14,19,22-23H,10,15-18,20-21H2,1-3H3. The maximum absolute atomic E-state index is 10.5. The summed E-state index contributed by atoms with van der Waals surface area (Å²) >= 11 is 0. The molecule has 0 aromatic heterocycles. The van der Waals surface area contributed by atoms with Crippen LogP contribution in [0.25, 0.3) is 0 Å². The summed E-state index contributed by atoms with van der Waals surface area (Å²) < 4.78 is 12.9. The Morgan fingerprint density at radius 3 is 1.90 bits per heavy atom. The van der Waals surface area contributed by atoms with Crippen molar-refractivity contribution in [2.75, 3.05) is 13.2 Å². The Labute approximate surface area is 182 Å². The molecule has 1 aliphatic carbocycles. The van der Waals surface area contributed by atoms with Gasteiger partial charge in [0.1, 0.15) is 6.29 Å². The van der Waals surface area contributed by atoms with E-state index in [9.17, 15) is 4.79 Å². The number of carbonyl (C=O) groups is 1. The molecule has 0 N–H and O–H groups in total. The van der Waals surface area contributed by atoms with Crippen LogP contribution in [0.15, 0.2) is 60.7 Å². The molecule has 4 heteroatoms. The van der Waals surface area contributed by atoms with Gasteiger partial charge in [0.15, 0.2) is 0 Å². The zero-order valence-electron chi connectivity index (χ0n) is 18.7. The lowest BCUT2D eigenvalue weighted by Gasteiger charge is -2.44. The normalized spacial score (nSPS) is 20.1. The van der Waals surface area contributed by atoms with Crippen molar-refractivity contribution in [2.45, 2.75) is 64.0 Å². The molecule has 0 heterocycles. The van der Waals surface area contributed by atoms with Crippen molar-refractivity contribution in [3.05, 3.63) is 60.7 Å². The van der Waals surface area contributed by atoms with Crippen LogP contribution in [0.3, 0.4) is 0 Å². The second kappa shape index (κ2) is 10.5. The zero-order chi connectivity index (χ0) is 21.5. The van der Waals surface area contributed by atoms with E-state index in [1.165, 1.54) is 10.4 Å². The van der Waals surface area contributed by atoms with Gasteiger partial charge in [-0.25, -0.2) is 0 Å². The molecule has 0 atom stereocenters. The highest BCUT2D eigenvalue weighted by Crippen LogP contribution is 2.38. The molecule has 30 heavy (non-hydrogen) atoms. The van der Waals surface area contributed by atoms with Crippen LogP contribution in [-0.2, 0) is 14.0 Å². The van der Waals surface area contributed by atoms with Crippen molar-refractivity contribution in [2.24, 2.45) is 5.92 Å². The Morgan fingerprint density at radius 2 is 1.43 bits per heavy atom. The van der Waals surface area contributed by atoms with Crippen LogP contribution < -0.4 is 10.4 Å². The van der Waals surface area contributed by atoms with Gasteiger partial charge >= 0.3 is 0 Å². The van der Waals surface area contributed by atoms with Crippen LogP contribution in [0.4, 0.5) is 0 Å². The van der Waals surface area contributed by atoms with Gasteiger partial charge in [-0.1, -0.05) is 81.4 Å². The second-order valence-corrected chi connectivity index (χ2v) is 13.7. The average molecular weight is 425 g/mol. The van der Waals surface area contributed by atoms with Gasteiger partial charge in [0.05, 0.1) is 12.7 Å². The first-order valence-electron chi connectivity index (χ1n) is 11.3. The molecule has 2 aromatic rings. The summed E-state index contributed by atoms with van der Waals surface area (Å²) in [5, 5.41) is 2.70. The van der Waals surface area contributed by atoms with Gasteiger partial charge in [-0.3, -0.25) is 0 Å². The topological polar surface area (TPSA) is 35.5 Å². The fourth-order valence-corrected chi connectivity index (χ4v) is 9.39. The number of benzene rings is 2. The molecule has 3 rings (SSSR count). The van der Waals surface area contributed by atoms with Crippen molar-refractivity contribution >= 4 is 25.0 Å². The summed E-state index contributed by atoms with van der Waals surface area (Å²) in [4.78, 5) is 10.5. The largest absolute Gasteiger partial charge is 0.407 e. The van der Waals surface area contributed by atoms with E-state index in [1.807, 2.05) is 0 Å². The number of hydrogen-bond acceptors (Lipinski definition) is 3. The van der Waals surface area contributed by atoms with E-state index >= 15 is 0 Å². The van der Waals surface area contributed by atoms with Crippen LogP contribution in [0.5, 0.6) is 0 Å². The fraction of sp³-hybridized carbons (Fsp3) is 0.500. The molecule has 3 nitrogen and oxygen atoms in total. The Hall–Kier alpha value is -1.75. The number of ether oxygens (including phenoxy) is 1. The Bertz CT molecular complexity index is 722. The maximum Gasteiger partial charge on any atom is 0.261 e. The van der Waals surface area contributed by atoms with E-state index in [-0.39, 0.29) is 5.04 Å². The lowest BCUT2D eigenvalue weighted by molar-refractivity contribution is -0.109. The highest BCUT2D eigenvalue weighted by atomic mass is 28.4. The summed E-state index contributed by atoms with van der Waals surface area (Å²) in [6.45, 7) is 8.34. The van der Waals surface area contributed by atoms with Gasteiger partial charge in [-0.05, 0) is 47.0 Å². The lowest BCUT2D eigenvalue weighted by atomic mass is 9.88.